The summed E-state index contributed by atoms with van der Waals surface area (Å²) < 4.78 is 43.6. The molecule has 2 aliphatic heterocycles. The highest BCUT2D eigenvalue weighted by molar-refractivity contribution is 6.09. The molecular formula is C24H19F3N4O. The van der Waals surface area contributed by atoms with Gasteiger partial charge in [-0.2, -0.15) is 13.2 Å². The number of allylic oxidation sites excluding steroid dienone is 1. The minimum absolute atomic E-state index is 0.287. The number of amides is 1. The molecular weight excluding hydrogens is 417 g/mol. The summed E-state index contributed by atoms with van der Waals surface area (Å²) in [6.07, 6.45) is 4.53. The van der Waals surface area contributed by atoms with Gasteiger partial charge in [-0.3, -0.25) is 9.69 Å². The molecule has 0 saturated heterocycles. The summed E-state index contributed by atoms with van der Waals surface area (Å²) >= 11 is 0. The molecule has 0 atom stereocenters. The van der Waals surface area contributed by atoms with Crippen LogP contribution in [0.5, 0.6) is 0 Å². The highest BCUT2D eigenvalue weighted by atomic mass is 19.4. The maximum atomic E-state index is 14.0. The Morgan fingerprint density at radius 1 is 1.12 bits per heavy atom. The zero-order valence-corrected chi connectivity index (χ0v) is 17.2. The number of carbonyl (C=O) groups excluding carboxylic acids is 1. The molecule has 0 spiro atoms. The third-order valence-electron chi connectivity index (χ3n) is 5.62. The van der Waals surface area contributed by atoms with Gasteiger partial charge in [-0.05, 0) is 36.8 Å². The average molecular weight is 436 g/mol. The maximum absolute atomic E-state index is 14.0. The molecule has 0 N–H and O–H groups in total. The SMILES string of the molecule is Cc1cn(-c2ccc(C(=O)N3C=C4CC=CN4Cc4ccccc43)c(C(F)(F)F)c2)cn1. The molecule has 0 unspecified atom stereocenters. The summed E-state index contributed by atoms with van der Waals surface area (Å²) in [5, 5.41) is 0. The smallest absolute Gasteiger partial charge is 0.346 e. The number of fused-ring (bicyclic) bond motifs is 2. The zero-order chi connectivity index (χ0) is 22.5. The van der Waals surface area contributed by atoms with Crippen LogP contribution < -0.4 is 4.90 Å². The lowest BCUT2D eigenvalue weighted by Crippen LogP contribution is -2.28. The van der Waals surface area contributed by atoms with Gasteiger partial charge in [0.15, 0.2) is 0 Å². The van der Waals surface area contributed by atoms with Gasteiger partial charge in [0.1, 0.15) is 0 Å². The van der Waals surface area contributed by atoms with Crippen LogP contribution in [0, 0.1) is 6.92 Å². The molecule has 2 aliphatic rings. The topological polar surface area (TPSA) is 41.4 Å². The number of aryl methyl sites for hydroxylation is 1. The van der Waals surface area contributed by atoms with Gasteiger partial charge >= 0.3 is 6.18 Å². The fraction of sp³-hybridized carbons (Fsp3) is 0.167. The number of imidazole rings is 1. The minimum Gasteiger partial charge on any atom is -0.346 e. The van der Waals surface area contributed by atoms with Gasteiger partial charge in [0.05, 0.1) is 28.8 Å². The molecule has 2 aromatic carbocycles. The average Bonchev–Trinajstić information content (AvgIpc) is 3.36. The van der Waals surface area contributed by atoms with E-state index in [1.807, 2.05) is 29.3 Å². The predicted octanol–water partition coefficient (Wildman–Crippen LogP) is 5.42. The minimum atomic E-state index is -4.70. The summed E-state index contributed by atoms with van der Waals surface area (Å²) in [5.41, 5.74) is 1.88. The first-order valence-electron chi connectivity index (χ1n) is 10.1. The fourth-order valence-electron chi connectivity index (χ4n) is 4.05. The number of benzene rings is 2. The van der Waals surface area contributed by atoms with Gasteiger partial charge in [0, 0.05) is 42.9 Å². The number of carbonyl (C=O) groups is 1. The molecule has 162 valence electrons. The fourth-order valence-corrected chi connectivity index (χ4v) is 4.05. The van der Waals surface area contributed by atoms with Crippen molar-refractivity contribution in [1.29, 1.82) is 0 Å². The zero-order valence-electron chi connectivity index (χ0n) is 17.2. The molecule has 3 heterocycles. The van der Waals surface area contributed by atoms with Crippen LogP contribution >= 0.6 is 0 Å². The van der Waals surface area contributed by atoms with Crippen molar-refractivity contribution in [1.82, 2.24) is 14.5 Å². The van der Waals surface area contributed by atoms with E-state index in [-0.39, 0.29) is 5.69 Å². The van der Waals surface area contributed by atoms with E-state index in [0.29, 0.717) is 24.3 Å². The second kappa shape index (κ2) is 7.40. The molecule has 5 rings (SSSR count). The highest BCUT2D eigenvalue weighted by Gasteiger charge is 2.37. The second-order valence-corrected chi connectivity index (χ2v) is 7.79. The van der Waals surface area contributed by atoms with E-state index in [4.69, 9.17) is 0 Å². The molecule has 0 aliphatic carbocycles. The first kappa shape index (κ1) is 20.1. The molecule has 1 aromatic heterocycles. The van der Waals surface area contributed by atoms with Crippen molar-refractivity contribution in [2.24, 2.45) is 0 Å². The van der Waals surface area contributed by atoms with Gasteiger partial charge in [-0.15, -0.1) is 0 Å². The van der Waals surface area contributed by atoms with E-state index in [1.54, 1.807) is 31.5 Å². The normalized spacial score (nSPS) is 15.3. The summed E-state index contributed by atoms with van der Waals surface area (Å²) in [5.74, 6) is -0.723. The van der Waals surface area contributed by atoms with E-state index in [1.165, 1.54) is 27.9 Å². The molecule has 0 radical (unpaired) electrons. The van der Waals surface area contributed by atoms with Gasteiger partial charge in [0.2, 0.25) is 0 Å². The Labute approximate surface area is 182 Å². The second-order valence-electron chi connectivity index (χ2n) is 7.79. The number of alkyl halides is 3. The quantitative estimate of drug-likeness (QED) is 0.539. The Hall–Kier alpha value is -3.81. The van der Waals surface area contributed by atoms with E-state index in [0.717, 1.165) is 17.3 Å². The van der Waals surface area contributed by atoms with Crippen LogP contribution in [0.25, 0.3) is 5.69 Å². The first-order chi connectivity index (χ1) is 15.3. The highest BCUT2D eigenvalue weighted by Crippen LogP contribution is 2.37. The van der Waals surface area contributed by atoms with E-state index < -0.39 is 23.2 Å². The number of hydrogen-bond acceptors (Lipinski definition) is 3. The number of aromatic nitrogens is 2. The molecule has 0 fully saturated rings. The molecule has 0 bridgehead atoms. The Bertz CT molecular complexity index is 1270. The lowest BCUT2D eigenvalue weighted by Gasteiger charge is -2.22. The Morgan fingerprint density at radius 2 is 1.94 bits per heavy atom. The number of rotatable bonds is 2. The van der Waals surface area contributed by atoms with Crippen LogP contribution in [0.3, 0.4) is 0 Å². The molecule has 32 heavy (non-hydrogen) atoms. The molecule has 3 aromatic rings. The summed E-state index contributed by atoms with van der Waals surface area (Å²) in [4.78, 5) is 21.0. The van der Waals surface area contributed by atoms with Crippen LogP contribution in [-0.2, 0) is 12.7 Å². The van der Waals surface area contributed by atoms with Gasteiger partial charge in [-0.1, -0.05) is 24.3 Å². The molecule has 5 nitrogen and oxygen atoms in total. The number of hydrogen-bond donors (Lipinski definition) is 0. The number of para-hydroxylation sites is 1. The van der Waals surface area contributed by atoms with E-state index >= 15 is 0 Å². The summed E-state index contributed by atoms with van der Waals surface area (Å²) in [7, 11) is 0. The van der Waals surface area contributed by atoms with Crippen LogP contribution in [0.15, 0.2) is 79.2 Å². The number of anilines is 1. The van der Waals surface area contributed by atoms with Crippen molar-refractivity contribution in [3.05, 3.63) is 102 Å². The van der Waals surface area contributed by atoms with E-state index in [2.05, 4.69) is 4.98 Å². The van der Waals surface area contributed by atoms with Crippen molar-refractivity contribution in [2.45, 2.75) is 26.1 Å². The van der Waals surface area contributed by atoms with Crippen LogP contribution in [-0.4, -0.2) is 20.4 Å². The van der Waals surface area contributed by atoms with Crippen molar-refractivity contribution in [2.75, 3.05) is 4.90 Å². The van der Waals surface area contributed by atoms with Crippen LogP contribution in [0.4, 0.5) is 18.9 Å². The largest absolute Gasteiger partial charge is 0.417 e. The Morgan fingerprint density at radius 3 is 2.69 bits per heavy atom. The van der Waals surface area contributed by atoms with Gasteiger partial charge in [0.25, 0.3) is 5.91 Å². The van der Waals surface area contributed by atoms with Gasteiger partial charge < -0.3 is 9.47 Å². The van der Waals surface area contributed by atoms with Crippen molar-refractivity contribution < 1.29 is 18.0 Å². The summed E-state index contributed by atoms with van der Waals surface area (Å²) in [6, 6.07) is 11.0. The first-order valence-corrected chi connectivity index (χ1v) is 10.1. The Balaban J connectivity index is 1.63. The predicted molar refractivity (Wildman–Crippen MR) is 114 cm³/mol. The van der Waals surface area contributed by atoms with E-state index in [9.17, 15) is 18.0 Å². The van der Waals surface area contributed by atoms with Crippen molar-refractivity contribution in [3.8, 4) is 5.69 Å². The third kappa shape index (κ3) is 3.47. The van der Waals surface area contributed by atoms with Crippen molar-refractivity contribution in [3.63, 3.8) is 0 Å². The van der Waals surface area contributed by atoms with Crippen LogP contribution in [0.1, 0.15) is 33.6 Å². The maximum Gasteiger partial charge on any atom is 0.417 e. The Kier molecular flexibility index (Phi) is 4.65. The van der Waals surface area contributed by atoms with Gasteiger partial charge in [-0.25, -0.2) is 4.98 Å². The molecule has 1 amide bonds. The monoisotopic (exact) mass is 436 g/mol. The number of nitrogens with zero attached hydrogens (tertiary/aromatic N) is 4. The lowest BCUT2D eigenvalue weighted by atomic mass is 10.0. The summed E-state index contributed by atoms with van der Waals surface area (Å²) in [6.45, 7) is 2.30. The third-order valence-corrected chi connectivity index (χ3v) is 5.62. The van der Waals surface area contributed by atoms with Crippen molar-refractivity contribution >= 4 is 11.6 Å². The standard InChI is InChI=1S/C24H19F3N4O/c1-16-12-30(15-28-16)18-8-9-20(21(11-18)24(25,26)27)23(32)31-14-19-6-4-10-29(19)13-17-5-2-3-7-22(17)31/h2-5,7-12,14-15H,6,13H2,1H3. The lowest BCUT2D eigenvalue weighted by molar-refractivity contribution is -0.137. The van der Waals surface area contributed by atoms with Crippen LogP contribution in [0.2, 0.25) is 0 Å². The molecule has 0 saturated carbocycles. The number of halogens is 3. The molecule has 8 heteroatoms.